The van der Waals surface area contributed by atoms with Crippen molar-refractivity contribution in [1.82, 2.24) is 5.32 Å². The summed E-state index contributed by atoms with van der Waals surface area (Å²) in [6.45, 7) is 3.61. The second kappa shape index (κ2) is 9.53. The minimum atomic E-state index is -3.73. The van der Waals surface area contributed by atoms with Crippen LogP contribution in [0.2, 0.25) is 0 Å². The number of carbonyl (C=O) groups is 2. The number of nitrogens with two attached hydrogens (primary N) is 1. The van der Waals surface area contributed by atoms with Gasteiger partial charge in [0, 0.05) is 6.54 Å². The summed E-state index contributed by atoms with van der Waals surface area (Å²) in [7, 11) is -2.28. The van der Waals surface area contributed by atoms with E-state index in [9.17, 15) is 18.0 Å². The molecule has 2 aromatic carbocycles. The van der Waals surface area contributed by atoms with E-state index in [2.05, 4.69) is 5.32 Å². The van der Waals surface area contributed by atoms with E-state index < -0.39 is 28.0 Å². The van der Waals surface area contributed by atoms with Gasteiger partial charge in [-0.1, -0.05) is 23.8 Å². The van der Waals surface area contributed by atoms with Crippen molar-refractivity contribution >= 4 is 21.9 Å². The zero-order valence-corrected chi connectivity index (χ0v) is 17.3. The van der Waals surface area contributed by atoms with Gasteiger partial charge in [-0.05, 0) is 50.1 Å². The largest absolute Gasteiger partial charge is 0.496 e. The molecule has 2 rings (SSSR count). The lowest BCUT2D eigenvalue weighted by atomic mass is 10.1. The van der Waals surface area contributed by atoms with Gasteiger partial charge >= 0.3 is 5.97 Å². The number of aryl methyl sites for hydroxylation is 1. The molecule has 0 spiro atoms. The van der Waals surface area contributed by atoms with Crippen LogP contribution in [0, 0.1) is 6.92 Å². The molecular formula is C20H24N2O6S. The van der Waals surface area contributed by atoms with Crippen LogP contribution in [-0.2, 0) is 26.0 Å². The number of ether oxygens (including phenoxy) is 2. The normalized spacial score (nSPS) is 12.1. The molecule has 9 heteroatoms. The van der Waals surface area contributed by atoms with Crippen LogP contribution >= 0.6 is 0 Å². The number of nitrogens with one attached hydrogen (secondary N) is 1. The van der Waals surface area contributed by atoms with Crippen molar-refractivity contribution < 1.29 is 27.5 Å². The second-order valence-corrected chi connectivity index (χ2v) is 8.04. The molecule has 0 saturated heterocycles. The molecule has 0 heterocycles. The van der Waals surface area contributed by atoms with Crippen molar-refractivity contribution in [1.29, 1.82) is 0 Å². The van der Waals surface area contributed by atoms with Crippen molar-refractivity contribution in [3.63, 3.8) is 0 Å². The van der Waals surface area contributed by atoms with Gasteiger partial charge in [0.05, 0.1) is 12.0 Å². The summed E-state index contributed by atoms with van der Waals surface area (Å²) < 4.78 is 32.9. The van der Waals surface area contributed by atoms with Gasteiger partial charge in [0.25, 0.3) is 5.91 Å². The Kier molecular flexibility index (Phi) is 7.35. The number of amides is 1. The monoisotopic (exact) mass is 420 g/mol. The van der Waals surface area contributed by atoms with Gasteiger partial charge in [-0.15, -0.1) is 0 Å². The van der Waals surface area contributed by atoms with Crippen LogP contribution in [0.25, 0.3) is 0 Å². The summed E-state index contributed by atoms with van der Waals surface area (Å²) >= 11 is 0. The van der Waals surface area contributed by atoms with Crippen LogP contribution in [-0.4, -0.2) is 40.1 Å². The minimum absolute atomic E-state index is 0.0254. The second-order valence-electron chi connectivity index (χ2n) is 6.48. The molecule has 0 fully saturated rings. The molecule has 0 aliphatic heterocycles. The molecule has 156 valence electrons. The molecule has 2 aromatic rings. The Bertz CT molecular complexity index is 987. The Morgan fingerprint density at radius 2 is 1.79 bits per heavy atom. The van der Waals surface area contributed by atoms with E-state index in [0.717, 1.165) is 11.1 Å². The van der Waals surface area contributed by atoms with Crippen LogP contribution in [0.4, 0.5) is 0 Å². The number of esters is 1. The zero-order valence-electron chi connectivity index (χ0n) is 16.5. The summed E-state index contributed by atoms with van der Waals surface area (Å²) in [6.07, 6.45) is -0.513. The van der Waals surface area contributed by atoms with E-state index in [1.165, 1.54) is 26.2 Å². The first-order valence-electron chi connectivity index (χ1n) is 8.87. The molecule has 1 atom stereocenters. The molecule has 0 radical (unpaired) electrons. The van der Waals surface area contributed by atoms with Gasteiger partial charge in [0.2, 0.25) is 10.0 Å². The van der Waals surface area contributed by atoms with E-state index in [4.69, 9.17) is 14.6 Å². The Labute approximate surface area is 170 Å². The van der Waals surface area contributed by atoms with Crippen molar-refractivity contribution in [3.05, 3.63) is 59.2 Å². The van der Waals surface area contributed by atoms with Crippen LogP contribution in [0.1, 0.15) is 28.4 Å². The Balaban J connectivity index is 1.88. The highest BCUT2D eigenvalue weighted by molar-refractivity contribution is 7.89. The van der Waals surface area contributed by atoms with E-state index in [1.54, 1.807) is 30.3 Å². The fourth-order valence-electron chi connectivity index (χ4n) is 2.58. The highest BCUT2D eigenvalue weighted by Crippen LogP contribution is 2.21. The van der Waals surface area contributed by atoms with Crippen molar-refractivity contribution in [2.45, 2.75) is 31.3 Å². The fourth-order valence-corrected chi connectivity index (χ4v) is 3.09. The average Bonchev–Trinajstić information content (AvgIpc) is 2.67. The first kappa shape index (κ1) is 22.4. The number of methoxy groups -OCH3 is 1. The SMILES string of the molecule is COc1ccc(C)cc1C(=O)O[C@H](C)C(=O)NCCc1ccc(S(N)(=O)=O)cc1. The predicted molar refractivity (Wildman–Crippen MR) is 107 cm³/mol. The summed E-state index contributed by atoms with van der Waals surface area (Å²) in [5, 5.41) is 7.74. The van der Waals surface area contributed by atoms with E-state index >= 15 is 0 Å². The van der Waals surface area contributed by atoms with Crippen molar-refractivity contribution in [2.24, 2.45) is 5.14 Å². The molecule has 0 aliphatic rings. The molecule has 0 aromatic heterocycles. The van der Waals surface area contributed by atoms with Crippen molar-refractivity contribution in [2.75, 3.05) is 13.7 Å². The third kappa shape index (κ3) is 6.30. The van der Waals surface area contributed by atoms with Gasteiger partial charge in [-0.2, -0.15) is 0 Å². The summed E-state index contributed by atoms with van der Waals surface area (Å²) in [4.78, 5) is 24.6. The zero-order chi connectivity index (χ0) is 21.6. The highest BCUT2D eigenvalue weighted by Gasteiger charge is 2.21. The summed E-state index contributed by atoms with van der Waals surface area (Å²) in [5.74, 6) is -0.714. The Morgan fingerprint density at radius 3 is 2.38 bits per heavy atom. The number of carbonyl (C=O) groups excluding carboxylic acids is 2. The maximum atomic E-state index is 12.4. The maximum Gasteiger partial charge on any atom is 0.342 e. The standard InChI is InChI=1S/C20H24N2O6S/c1-13-4-9-18(27-3)17(12-13)20(24)28-14(2)19(23)22-11-10-15-5-7-16(8-6-15)29(21,25)26/h4-9,12,14H,10-11H2,1-3H3,(H,22,23)(H2,21,25,26)/t14-/m1/s1. The highest BCUT2D eigenvalue weighted by atomic mass is 32.2. The lowest BCUT2D eigenvalue weighted by molar-refractivity contribution is -0.129. The molecule has 3 N–H and O–H groups in total. The first-order valence-corrected chi connectivity index (χ1v) is 10.4. The van der Waals surface area contributed by atoms with Gasteiger partial charge in [-0.25, -0.2) is 18.4 Å². The number of hydrogen-bond acceptors (Lipinski definition) is 6. The van der Waals surface area contributed by atoms with Gasteiger partial charge in [0.1, 0.15) is 11.3 Å². The number of benzene rings is 2. The van der Waals surface area contributed by atoms with Gasteiger partial charge in [-0.3, -0.25) is 4.79 Å². The summed E-state index contributed by atoms with van der Waals surface area (Å²) in [5.41, 5.74) is 1.94. The molecule has 0 aliphatic carbocycles. The maximum absolute atomic E-state index is 12.4. The van der Waals surface area contributed by atoms with Gasteiger partial charge in [0.15, 0.2) is 6.10 Å². The molecular weight excluding hydrogens is 396 g/mol. The topological polar surface area (TPSA) is 125 Å². The molecule has 1 amide bonds. The van der Waals surface area contributed by atoms with E-state index in [1.807, 2.05) is 6.92 Å². The lowest BCUT2D eigenvalue weighted by Gasteiger charge is -2.15. The van der Waals surface area contributed by atoms with Crippen LogP contribution in [0.3, 0.4) is 0 Å². The van der Waals surface area contributed by atoms with Crippen LogP contribution < -0.4 is 15.2 Å². The lowest BCUT2D eigenvalue weighted by Crippen LogP contribution is -2.37. The van der Waals surface area contributed by atoms with Crippen LogP contribution in [0.15, 0.2) is 47.4 Å². The molecule has 0 saturated carbocycles. The molecule has 29 heavy (non-hydrogen) atoms. The third-order valence-corrected chi connectivity index (χ3v) is 5.12. The predicted octanol–water partition coefficient (Wildman–Crippen LogP) is 1.56. The summed E-state index contributed by atoms with van der Waals surface area (Å²) in [6, 6.07) is 11.2. The first-order chi connectivity index (χ1) is 13.6. The van der Waals surface area contributed by atoms with Crippen LogP contribution in [0.5, 0.6) is 5.75 Å². The number of sulfonamides is 1. The smallest absolute Gasteiger partial charge is 0.342 e. The minimum Gasteiger partial charge on any atom is -0.496 e. The quantitative estimate of drug-likeness (QED) is 0.625. The molecule has 0 unspecified atom stereocenters. The number of hydrogen-bond donors (Lipinski definition) is 2. The fraction of sp³-hybridized carbons (Fsp3) is 0.300. The number of primary sulfonamides is 1. The average molecular weight is 420 g/mol. The Morgan fingerprint density at radius 1 is 1.14 bits per heavy atom. The third-order valence-electron chi connectivity index (χ3n) is 4.19. The van der Waals surface area contributed by atoms with Crippen molar-refractivity contribution in [3.8, 4) is 5.75 Å². The molecule has 8 nitrogen and oxygen atoms in total. The number of rotatable bonds is 8. The van der Waals surface area contributed by atoms with E-state index in [0.29, 0.717) is 18.7 Å². The van der Waals surface area contributed by atoms with Gasteiger partial charge < -0.3 is 14.8 Å². The Hall–Kier alpha value is -2.91. The van der Waals surface area contributed by atoms with E-state index in [-0.39, 0.29) is 10.5 Å². The molecule has 0 bridgehead atoms.